The fraction of sp³-hybridized carbons (Fsp3) is 0.143. The van der Waals surface area contributed by atoms with Gasteiger partial charge in [0.15, 0.2) is 0 Å². The van der Waals surface area contributed by atoms with Gasteiger partial charge in [-0.05, 0) is 35.7 Å². The van der Waals surface area contributed by atoms with Crippen LogP contribution in [0.2, 0.25) is 5.02 Å². The van der Waals surface area contributed by atoms with Gasteiger partial charge in [-0.25, -0.2) is 8.78 Å². The molecule has 0 amide bonds. The smallest absolute Gasteiger partial charge is 0.142 e. The molecule has 0 spiro atoms. The Kier molecular flexibility index (Phi) is 4.55. The molecule has 2 N–H and O–H groups in total. The molecule has 0 aromatic heterocycles. The topological polar surface area (TPSA) is 26.0 Å². The molecule has 1 unspecified atom stereocenters. The maximum Gasteiger partial charge on any atom is 0.142 e. The Morgan fingerprint density at radius 1 is 1.21 bits per heavy atom. The zero-order valence-electron chi connectivity index (χ0n) is 9.84. The molecule has 100 valence electrons. The van der Waals surface area contributed by atoms with Gasteiger partial charge in [-0.15, -0.1) is 0 Å². The Hall–Kier alpha value is -0.970. The molecule has 2 aromatic rings. The monoisotopic (exact) mass is 345 g/mol. The van der Waals surface area contributed by atoms with Gasteiger partial charge < -0.3 is 5.73 Å². The van der Waals surface area contributed by atoms with Crippen molar-refractivity contribution in [2.45, 2.75) is 12.5 Å². The second-order valence-electron chi connectivity index (χ2n) is 4.19. The molecule has 19 heavy (non-hydrogen) atoms. The largest absolute Gasteiger partial charge is 0.324 e. The third-order valence-corrected chi connectivity index (χ3v) is 3.94. The van der Waals surface area contributed by atoms with Crippen LogP contribution in [-0.4, -0.2) is 0 Å². The van der Waals surface area contributed by atoms with Gasteiger partial charge in [0.2, 0.25) is 0 Å². The highest BCUT2D eigenvalue weighted by atomic mass is 79.9. The third-order valence-electron chi connectivity index (χ3n) is 2.83. The highest BCUT2D eigenvalue weighted by Gasteiger charge is 2.14. The van der Waals surface area contributed by atoms with Crippen LogP contribution >= 0.6 is 27.5 Å². The Morgan fingerprint density at radius 2 is 1.95 bits per heavy atom. The second-order valence-corrected chi connectivity index (χ2v) is 5.42. The second kappa shape index (κ2) is 5.99. The van der Waals surface area contributed by atoms with Gasteiger partial charge in [0.1, 0.15) is 11.6 Å². The molecular weight excluding hydrogens is 336 g/mol. The van der Waals surface area contributed by atoms with Gasteiger partial charge in [0.05, 0.1) is 5.02 Å². The van der Waals surface area contributed by atoms with Gasteiger partial charge >= 0.3 is 0 Å². The molecule has 0 fully saturated rings. The van der Waals surface area contributed by atoms with Crippen molar-refractivity contribution in [2.24, 2.45) is 5.73 Å². The predicted octanol–water partition coefficient (Wildman–Crippen LogP) is 4.62. The zero-order valence-corrected chi connectivity index (χ0v) is 12.2. The summed E-state index contributed by atoms with van der Waals surface area (Å²) in [6.45, 7) is 0. The van der Waals surface area contributed by atoms with Crippen molar-refractivity contribution in [3.63, 3.8) is 0 Å². The van der Waals surface area contributed by atoms with Crippen LogP contribution in [0, 0.1) is 11.6 Å². The SMILES string of the molecule is NC(Cc1cccc(F)c1Cl)c1ccc(F)cc1Br. The Morgan fingerprint density at radius 3 is 2.63 bits per heavy atom. The normalized spacial score (nSPS) is 12.5. The highest BCUT2D eigenvalue weighted by Crippen LogP contribution is 2.28. The van der Waals surface area contributed by atoms with Crippen LogP contribution in [0.5, 0.6) is 0 Å². The van der Waals surface area contributed by atoms with Crippen LogP contribution in [0.15, 0.2) is 40.9 Å². The molecule has 0 saturated heterocycles. The summed E-state index contributed by atoms with van der Waals surface area (Å²) in [4.78, 5) is 0. The third kappa shape index (κ3) is 3.32. The molecule has 0 aliphatic carbocycles. The first-order chi connectivity index (χ1) is 8.99. The van der Waals surface area contributed by atoms with Gasteiger partial charge in [0.25, 0.3) is 0 Å². The van der Waals surface area contributed by atoms with E-state index in [0.717, 1.165) is 5.56 Å². The first-order valence-corrected chi connectivity index (χ1v) is 6.79. The molecular formula is C14H11BrClF2N. The maximum absolute atomic E-state index is 13.3. The highest BCUT2D eigenvalue weighted by molar-refractivity contribution is 9.10. The molecule has 0 heterocycles. The van der Waals surface area contributed by atoms with Gasteiger partial charge in [-0.3, -0.25) is 0 Å². The van der Waals surface area contributed by atoms with Gasteiger partial charge in [0, 0.05) is 10.5 Å². The first-order valence-electron chi connectivity index (χ1n) is 5.62. The van der Waals surface area contributed by atoms with Crippen molar-refractivity contribution >= 4 is 27.5 Å². The van der Waals surface area contributed by atoms with E-state index < -0.39 is 11.9 Å². The summed E-state index contributed by atoms with van der Waals surface area (Å²) in [6, 6.07) is 8.51. The van der Waals surface area contributed by atoms with E-state index in [2.05, 4.69) is 15.9 Å². The fourth-order valence-corrected chi connectivity index (χ4v) is 2.70. The van der Waals surface area contributed by atoms with E-state index in [-0.39, 0.29) is 10.8 Å². The molecule has 0 saturated carbocycles. The van der Waals surface area contributed by atoms with Crippen molar-refractivity contribution in [2.75, 3.05) is 0 Å². The van der Waals surface area contributed by atoms with Crippen molar-refractivity contribution in [3.8, 4) is 0 Å². The van der Waals surface area contributed by atoms with E-state index in [1.165, 1.54) is 18.2 Å². The number of halogens is 4. The average molecular weight is 347 g/mol. The van der Waals surface area contributed by atoms with Crippen LogP contribution in [0.25, 0.3) is 0 Å². The van der Waals surface area contributed by atoms with Gasteiger partial charge in [-0.2, -0.15) is 0 Å². The van der Waals surface area contributed by atoms with E-state index >= 15 is 0 Å². The molecule has 2 aromatic carbocycles. The lowest BCUT2D eigenvalue weighted by molar-refractivity contribution is 0.619. The maximum atomic E-state index is 13.3. The molecule has 2 rings (SSSR count). The lowest BCUT2D eigenvalue weighted by Gasteiger charge is -2.15. The first kappa shape index (κ1) is 14.4. The minimum Gasteiger partial charge on any atom is -0.324 e. The Labute approximate surface area is 123 Å². The van der Waals surface area contributed by atoms with E-state index in [1.807, 2.05) is 0 Å². The molecule has 0 bridgehead atoms. The summed E-state index contributed by atoms with van der Waals surface area (Å²) in [6.07, 6.45) is 0.376. The number of hydrogen-bond donors (Lipinski definition) is 1. The minimum absolute atomic E-state index is 0.0798. The van der Waals surface area contributed by atoms with Crippen LogP contribution in [0.3, 0.4) is 0 Å². The van der Waals surface area contributed by atoms with E-state index in [4.69, 9.17) is 17.3 Å². The molecule has 0 aliphatic rings. The van der Waals surface area contributed by atoms with Gasteiger partial charge in [-0.1, -0.05) is 45.7 Å². The standard InChI is InChI=1S/C14H11BrClF2N/c15-11-7-9(17)4-5-10(11)13(19)6-8-2-1-3-12(18)14(8)16/h1-5,7,13H,6,19H2. The van der Waals surface area contributed by atoms with Crippen LogP contribution in [0.4, 0.5) is 8.78 Å². The summed E-state index contributed by atoms with van der Waals surface area (Å²) in [5.74, 6) is -0.809. The minimum atomic E-state index is -0.468. The van der Waals surface area contributed by atoms with Crippen LogP contribution in [-0.2, 0) is 6.42 Å². The van der Waals surface area contributed by atoms with E-state index in [9.17, 15) is 8.78 Å². The van der Waals surface area contributed by atoms with Crippen molar-refractivity contribution in [3.05, 3.63) is 68.7 Å². The number of nitrogens with two attached hydrogens (primary N) is 1. The molecule has 0 aliphatic heterocycles. The summed E-state index contributed by atoms with van der Waals surface area (Å²) in [5.41, 5.74) is 7.44. The summed E-state index contributed by atoms with van der Waals surface area (Å²) < 4.78 is 26.9. The van der Waals surface area contributed by atoms with E-state index in [1.54, 1.807) is 18.2 Å². The summed E-state index contributed by atoms with van der Waals surface area (Å²) >= 11 is 9.15. The fourth-order valence-electron chi connectivity index (χ4n) is 1.86. The van der Waals surface area contributed by atoms with Crippen molar-refractivity contribution in [1.82, 2.24) is 0 Å². The number of rotatable bonds is 3. The molecule has 1 atom stereocenters. The lowest BCUT2D eigenvalue weighted by atomic mass is 9.99. The predicted molar refractivity (Wildman–Crippen MR) is 76.1 cm³/mol. The van der Waals surface area contributed by atoms with Crippen molar-refractivity contribution in [1.29, 1.82) is 0 Å². The van der Waals surface area contributed by atoms with Crippen LogP contribution in [0.1, 0.15) is 17.2 Å². The van der Waals surface area contributed by atoms with E-state index in [0.29, 0.717) is 16.5 Å². The van der Waals surface area contributed by atoms with Crippen molar-refractivity contribution < 1.29 is 8.78 Å². The number of benzene rings is 2. The van der Waals surface area contributed by atoms with Crippen LogP contribution < -0.4 is 5.73 Å². The molecule has 1 nitrogen and oxygen atoms in total. The number of hydrogen-bond acceptors (Lipinski definition) is 1. The molecule has 5 heteroatoms. The zero-order chi connectivity index (χ0) is 14.0. The quantitative estimate of drug-likeness (QED) is 0.862. The lowest BCUT2D eigenvalue weighted by Crippen LogP contribution is -2.14. The average Bonchev–Trinajstić information content (AvgIpc) is 2.34. The molecule has 0 radical (unpaired) electrons. The Bertz CT molecular complexity index is 604. The summed E-state index contributed by atoms with van der Waals surface area (Å²) in [7, 11) is 0. The Balaban J connectivity index is 2.25. The summed E-state index contributed by atoms with van der Waals surface area (Å²) in [5, 5.41) is 0.0798.